The maximum absolute atomic E-state index is 3.98. The van der Waals surface area contributed by atoms with Gasteiger partial charge in [-0.1, -0.05) is 47.7 Å². The molecule has 1 fully saturated rings. The standard InChI is InChI=1S/C7H13BrSi/c1-5-6(8)7(5)9(2,3)4/h6-7H,1H2,2-4H3/t6-,7+/m0/s1. The van der Waals surface area contributed by atoms with E-state index in [0.717, 1.165) is 5.54 Å². The number of halogens is 1. The molecule has 1 aliphatic rings. The maximum atomic E-state index is 3.98. The Kier molecular flexibility index (Phi) is 1.64. The average Bonchev–Trinajstić information content (AvgIpc) is 2.11. The van der Waals surface area contributed by atoms with Gasteiger partial charge in [-0.25, -0.2) is 0 Å². The summed E-state index contributed by atoms with van der Waals surface area (Å²) in [5.41, 5.74) is 2.27. The molecule has 52 valence electrons. The molecule has 0 amide bonds. The highest BCUT2D eigenvalue weighted by atomic mass is 79.9. The van der Waals surface area contributed by atoms with Crippen LogP contribution in [-0.2, 0) is 0 Å². The minimum Gasteiger partial charge on any atom is -0.0987 e. The van der Waals surface area contributed by atoms with Crippen LogP contribution in [0.4, 0.5) is 0 Å². The first-order valence-electron chi connectivity index (χ1n) is 3.27. The van der Waals surface area contributed by atoms with Crippen LogP contribution in [0.2, 0.25) is 25.2 Å². The van der Waals surface area contributed by atoms with E-state index in [4.69, 9.17) is 0 Å². The Hall–Kier alpha value is 0.437. The molecule has 0 aromatic carbocycles. The van der Waals surface area contributed by atoms with Crippen LogP contribution in [0.3, 0.4) is 0 Å². The summed E-state index contributed by atoms with van der Waals surface area (Å²) < 4.78 is 0. The van der Waals surface area contributed by atoms with Crippen LogP contribution in [0.1, 0.15) is 0 Å². The Morgan fingerprint density at radius 1 is 1.44 bits per heavy atom. The van der Waals surface area contributed by atoms with Crippen molar-refractivity contribution >= 4 is 24.0 Å². The van der Waals surface area contributed by atoms with Gasteiger partial charge in [-0.05, 0) is 5.54 Å². The van der Waals surface area contributed by atoms with Crippen molar-refractivity contribution in [1.82, 2.24) is 0 Å². The Labute approximate surface area is 66.5 Å². The van der Waals surface area contributed by atoms with Crippen molar-refractivity contribution in [1.29, 1.82) is 0 Å². The third-order valence-electron chi connectivity index (χ3n) is 1.87. The largest absolute Gasteiger partial charge is 0.0987 e. The minimum atomic E-state index is -0.896. The first-order chi connectivity index (χ1) is 3.94. The van der Waals surface area contributed by atoms with E-state index in [1.807, 2.05) is 0 Å². The van der Waals surface area contributed by atoms with Gasteiger partial charge in [0.15, 0.2) is 0 Å². The van der Waals surface area contributed by atoms with E-state index in [1.54, 1.807) is 0 Å². The van der Waals surface area contributed by atoms with Gasteiger partial charge in [-0.3, -0.25) is 0 Å². The van der Waals surface area contributed by atoms with Crippen molar-refractivity contribution in [3.8, 4) is 0 Å². The highest BCUT2D eigenvalue weighted by molar-refractivity contribution is 9.10. The van der Waals surface area contributed by atoms with Gasteiger partial charge in [0.1, 0.15) is 0 Å². The molecule has 1 saturated carbocycles. The summed E-state index contributed by atoms with van der Waals surface area (Å²) in [5, 5.41) is 0. The lowest BCUT2D eigenvalue weighted by Gasteiger charge is -2.12. The maximum Gasteiger partial charge on any atom is 0.0536 e. The number of allylic oxidation sites excluding steroid dienone is 1. The van der Waals surface area contributed by atoms with Crippen molar-refractivity contribution in [3.63, 3.8) is 0 Å². The van der Waals surface area contributed by atoms with Gasteiger partial charge >= 0.3 is 0 Å². The number of hydrogen-bond acceptors (Lipinski definition) is 0. The quantitative estimate of drug-likeness (QED) is 0.350. The Bertz CT molecular complexity index is 145. The van der Waals surface area contributed by atoms with Crippen molar-refractivity contribution in [2.45, 2.75) is 30.0 Å². The van der Waals surface area contributed by atoms with Crippen LogP contribution in [0.5, 0.6) is 0 Å². The molecule has 0 heterocycles. The summed E-state index contributed by atoms with van der Waals surface area (Å²) in [7, 11) is -0.896. The Balaban J connectivity index is 2.60. The predicted octanol–water partition coefficient (Wildman–Crippen LogP) is 3.03. The van der Waals surface area contributed by atoms with Crippen molar-refractivity contribution in [2.24, 2.45) is 0 Å². The van der Waals surface area contributed by atoms with Crippen LogP contribution in [0, 0.1) is 0 Å². The summed E-state index contributed by atoms with van der Waals surface area (Å²) in [6.45, 7) is 11.2. The van der Waals surface area contributed by atoms with E-state index in [1.165, 1.54) is 5.57 Å². The molecule has 0 saturated heterocycles. The van der Waals surface area contributed by atoms with Gasteiger partial charge in [-0.15, -0.1) is 0 Å². The molecule has 2 heteroatoms. The van der Waals surface area contributed by atoms with E-state index in [-0.39, 0.29) is 0 Å². The third-order valence-corrected chi connectivity index (χ3v) is 6.05. The first-order valence-corrected chi connectivity index (χ1v) is 7.76. The second kappa shape index (κ2) is 1.96. The molecule has 9 heavy (non-hydrogen) atoms. The molecule has 1 aliphatic carbocycles. The smallest absolute Gasteiger partial charge is 0.0536 e. The zero-order valence-corrected chi connectivity index (χ0v) is 8.83. The second-order valence-electron chi connectivity index (χ2n) is 3.82. The van der Waals surface area contributed by atoms with Crippen LogP contribution in [0.15, 0.2) is 12.2 Å². The first kappa shape index (κ1) is 7.54. The molecular formula is C7H13BrSi. The SMILES string of the molecule is C=C1[C@@H]([Si](C)(C)C)[C@H]1Br. The van der Waals surface area contributed by atoms with Gasteiger partial charge in [0.2, 0.25) is 0 Å². The van der Waals surface area contributed by atoms with Gasteiger partial charge in [0.05, 0.1) is 8.07 Å². The van der Waals surface area contributed by atoms with Gasteiger partial charge < -0.3 is 0 Å². The molecule has 0 N–H and O–H groups in total. The fourth-order valence-electron chi connectivity index (χ4n) is 1.27. The lowest BCUT2D eigenvalue weighted by molar-refractivity contribution is 1.37. The molecule has 0 bridgehead atoms. The minimum absolute atomic E-state index is 0.657. The molecule has 0 aromatic rings. The van der Waals surface area contributed by atoms with Crippen molar-refractivity contribution < 1.29 is 0 Å². The van der Waals surface area contributed by atoms with Crippen LogP contribution < -0.4 is 0 Å². The van der Waals surface area contributed by atoms with E-state index >= 15 is 0 Å². The zero-order valence-electron chi connectivity index (χ0n) is 6.24. The molecule has 0 radical (unpaired) electrons. The molecule has 0 nitrogen and oxygen atoms in total. The molecule has 0 unspecified atom stereocenters. The monoisotopic (exact) mass is 204 g/mol. The zero-order chi connectivity index (χ0) is 7.23. The highest BCUT2D eigenvalue weighted by Crippen LogP contribution is 2.54. The van der Waals surface area contributed by atoms with Crippen LogP contribution in [0.25, 0.3) is 0 Å². The molecule has 0 aromatic heterocycles. The lowest BCUT2D eigenvalue weighted by Crippen LogP contribution is -2.20. The van der Waals surface area contributed by atoms with Crippen LogP contribution >= 0.6 is 15.9 Å². The third kappa shape index (κ3) is 1.29. The summed E-state index contributed by atoms with van der Waals surface area (Å²) in [4.78, 5) is 0.657. The van der Waals surface area contributed by atoms with E-state index in [9.17, 15) is 0 Å². The summed E-state index contributed by atoms with van der Waals surface area (Å²) >= 11 is 3.58. The Morgan fingerprint density at radius 3 is 1.78 bits per heavy atom. The summed E-state index contributed by atoms with van der Waals surface area (Å²) in [5.74, 6) is 0. The topological polar surface area (TPSA) is 0 Å². The average molecular weight is 205 g/mol. The van der Waals surface area contributed by atoms with Crippen molar-refractivity contribution in [2.75, 3.05) is 0 Å². The number of hydrogen-bond donors (Lipinski definition) is 0. The molecular weight excluding hydrogens is 192 g/mol. The molecule has 1 rings (SSSR count). The van der Waals surface area contributed by atoms with Crippen molar-refractivity contribution in [3.05, 3.63) is 12.2 Å². The normalized spacial score (nSPS) is 34.9. The molecule has 2 atom stereocenters. The number of alkyl halides is 1. The Morgan fingerprint density at radius 2 is 1.78 bits per heavy atom. The van der Waals surface area contributed by atoms with E-state index < -0.39 is 8.07 Å². The van der Waals surface area contributed by atoms with E-state index in [2.05, 4.69) is 42.1 Å². The predicted molar refractivity (Wildman–Crippen MR) is 49.0 cm³/mol. The van der Waals surface area contributed by atoms with Crippen LogP contribution in [-0.4, -0.2) is 12.9 Å². The molecule has 0 aliphatic heterocycles. The fourth-order valence-corrected chi connectivity index (χ4v) is 6.66. The van der Waals surface area contributed by atoms with Gasteiger partial charge in [0, 0.05) is 4.83 Å². The fraction of sp³-hybridized carbons (Fsp3) is 0.714. The second-order valence-corrected chi connectivity index (χ2v) is 10.2. The van der Waals surface area contributed by atoms with E-state index in [0.29, 0.717) is 4.83 Å². The highest BCUT2D eigenvalue weighted by Gasteiger charge is 2.48. The van der Waals surface area contributed by atoms with Gasteiger partial charge in [-0.2, -0.15) is 0 Å². The lowest BCUT2D eigenvalue weighted by atomic mass is 10.7. The number of rotatable bonds is 1. The molecule has 0 spiro atoms. The summed E-state index contributed by atoms with van der Waals surface area (Å²) in [6.07, 6.45) is 0. The van der Waals surface area contributed by atoms with Gasteiger partial charge in [0.25, 0.3) is 0 Å². The summed E-state index contributed by atoms with van der Waals surface area (Å²) in [6, 6.07) is 0.